The van der Waals surface area contributed by atoms with Gasteiger partial charge in [0.2, 0.25) is 23.5 Å². The van der Waals surface area contributed by atoms with Gasteiger partial charge >= 0.3 is 0 Å². The summed E-state index contributed by atoms with van der Waals surface area (Å²) in [5.74, 6) is 3.45. The highest BCUT2D eigenvalue weighted by atomic mass is 32.2. The Morgan fingerprint density at radius 2 is 0.615 bits per heavy atom. The van der Waals surface area contributed by atoms with E-state index in [1.807, 2.05) is 134 Å². The average Bonchev–Trinajstić information content (AvgIpc) is 1.70. The molecule has 1 aliphatic rings. The number of thioether (sulfide) groups is 2. The van der Waals surface area contributed by atoms with E-state index >= 15 is 0 Å². The van der Waals surface area contributed by atoms with Crippen LogP contribution in [-0.4, -0.2) is 52.4 Å². The molecule has 0 amide bonds. The van der Waals surface area contributed by atoms with Crippen LogP contribution in [0.25, 0.3) is 78.6 Å². The standard InChI is InChI=1S/C76H73N9O4S2/c1-73(2,3)46-19-27-50(28-20-46)86-67-65(68(83-71(82-67)90-13)87-51-29-21-47(22-30-51)74(4,5)6)63-58-37-35-54(78-58)55-36-38-59(79-55)64(61-42-40-57(81-61)62(56-39-41-60(63)80-56)45-17-15-44(43-77)16-18-45)66-69(88-52-31-23-48(24-32-52)75(7,8)9)84-72(91-14)85-70(66)89-53-33-25-49(26-34-53)76(10,11)12/h15-42,78-80H,1-14H3. The molecule has 0 atom stereocenters. The topological polar surface area (TPSA) is 173 Å². The van der Waals surface area contributed by atoms with E-state index in [9.17, 15) is 5.26 Å². The van der Waals surface area contributed by atoms with Crippen LogP contribution in [0, 0.1) is 11.3 Å². The first kappa shape index (κ1) is 61.6. The molecule has 11 aromatic rings. The monoisotopic (exact) mass is 1240 g/mol. The largest absolute Gasteiger partial charge is 0.438 e. The molecule has 13 nitrogen and oxygen atoms in total. The lowest BCUT2D eigenvalue weighted by Gasteiger charge is -2.20. The molecule has 91 heavy (non-hydrogen) atoms. The van der Waals surface area contributed by atoms with Crippen LogP contribution < -0.4 is 18.9 Å². The molecule has 3 N–H and O–H groups in total. The van der Waals surface area contributed by atoms with Gasteiger partial charge in [0.25, 0.3) is 0 Å². The van der Waals surface area contributed by atoms with Gasteiger partial charge in [0.15, 0.2) is 10.3 Å². The molecule has 0 fully saturated rings. The maximum Gasteiger partial charge on any atom is 0.235 e. The van der Waals surface area contributed by atoms with Crippen molar-refractivity contribution in [3.63, 3.8) is 0 Å². The van der Waals surface area contributed by atoms with Crippen molar-refractivity contribution in [1.82, 2.24) is 39.9 Å². The molecule has 8 bridgehead atoms. The minimum atomic E-state index is -0.0860. The van der Waals surface area contributed by atoms with E-state index in [0.717, 1.165) is 49.9 Å². The maximum atomic E-state index is 10.1. The molecule has 0 saturated heterocycles. The normalized spacial score (nSPS) is 12.3. The second kappa shape index (κ2) is 24.3. The number of ether oxygens (including phenoxy) is 4. The van der Waals surface area contributed by atoms with E-state index in [1.54, 1.807) is 0 Å². The molecule has 0 saturated carbocycles. The van der Waals surface area contributed by atoms with E-state index in [2.05, 4.69) is 153 Å². The van der Waals surface area contributed by atoms with E-state index in [1.165, 1.54) is 23.5 Å². The molecule has 0 aliphatic carbocycles. The van der Waals surface area contributed by atoms with Crippen molar-refractivity contribution in [3.8, 4) is 86.0 Å². The molecular formula is C76H73N9O4S2. The van der Waals surface area contributed by atoms with E-state index in [4.69, 9.17) is 43.9 Å². The molecule has 15 heteroatoms. The number of nitriles is 1. The molecule has 1 aliphatic heterocycles. The van der Waals surface area contributed by atoms with Crippen LogP contribution in [0.4, 0.5) is 0 Å². The fourth-order valence-corrected chi connectivity index (χ4v) is 11.6. The van der Waals surface area contributed by atoms with Crippen molar-refractivity contribution in [3.05, 3.63) is 197 Å². The Morgan fingerprint density at radius 1 is 0.330 bits per heavy atom. The molecule has 5 aromatic carbocycles. The Bertz CT molecular complexity index is 4580. The Hall–Kier alpha value is -9.62. The van der Waals surface area contributed by atoms with E-state index in [-0.39, 0.29) is 45.2 Å². The number of nitrogens with one attached hydrogen (secondary N) is 3. The van der Waals surface area contributed by atoms with Gasteiger partial charge in [-0.05, 0) is 171 Å². The number of fused-ring (bicyclic) bond motifs is 9. The Balaban J connectivity index is 1.17. The fraction of sp³-hybridized carbons (Fsp3) is 0.237. The molecule has 0 radical (unpaired) electrons. The van der Waals surface area contributed by atoms with Gasteiger partial charge < -0.3 is 33.9 Å². The summed E-state index contributed by atoms with van der Waals surface area (Å²) in [7, 11) is 0. The van der Waals surface area contributed by atoms with E-state index in [0.29, 0.717) is 89.1 Å². The summed E-state index contributed by atoms with van der Waals surface area (Å²) >= 11 is 2.78. The zero-order valence-corrected chi connectivity index (χ0v) is 55.4. The first-order valence-electron chi connectivity index (χ1n) is 30.3. The molecular weight excluding hydrogens is 1170 g/mol. The first-order valence-corrected chi connectivity index (χ1v) is 32.8. The molecule has 7 heterocycles. The SMILES string of the molecule is CSc1nc(Oc2ccc(C(C)(C)C)cc2)c(-c2c3nc(c(-c4ccc(C#N)cc4)c4ccc([nH]4)c(-c4c(Oc5ccc(C(C)(C)C)cc5)nc(SC)nc4Oc4ccc(C(C)(C)C)cc4)c4ccc([nH]4)c4ccc2[nH]4)C=C3)c(Oc2ccc(C(C)(C)C)cc2)n1. The van der Waals surface area contributed by atoms with Gasteiger partial charge in [0.1, 0.15) is 34.1 Å². The number of aromatic amines is 3. The van der Waals surface area contributed by atoms with Crippen molar-refractivity contribution in [1.29, 1.82) is 5.26 Å². The zero-order chi connectivity index (χ0) is 64.1. The van der Waals surface area contributed by atoms with Crippen LogP contribution in [0.3, 0.4) is 0 Å². The van der Waals surface area contributed by atoms with Gasteiger partial charge in [0.05, 0.1) is 34.1 Å². The summed E-state index contributed by atoms with van der Waals surface area (Å²) in [6.07, 6.45) is 7.88. The van der Waals surface area contributed by atoms with Gasteiger partial charge in [-0.3, -0.25) is 0 Å². The predicted octanol–water partition coefficient (Wildman–Crippen LogP) is 21.0. The molecule has 458 valence electrons. The van der Waals surface area contributed by atoms with E-state index < -0.39 is 0 Å². The number of hydrogen-bond acceptors (Lipinski definition) is 12. The summed E-state index contributed by atoms with van der Waals surface area (Å²) in [5.41, 5.74) is 14.2. The Labute approximate surface area is 540 Å². The lowest BCUT2D eigenvalue weighted by Crippen LogP contribution is -2.10. The molecule has 12 rings (SSSR count). The lowest BCUT2D eigenvalue weighted by atomic mass is 9.87. The summed E-state index contributed by atoms with van der Waals surface area (Å²) in [6, 6.07) is 54.6. The maximum absolute atomic E-state index is 10.1. The third-order valence-corrected chi connectivity index (χ3v) is 17.2. The second-order valence-corrected chi connectivity index (χ2v) is 28.3. The second-order valence-electron chi connectivity index (χ2n) is 26.8. The highest BCUT2D eigenvalue weighted by molar-refractivity contribution is 7.98. The van der Waals surface area contributed by atoms with Crippen LogP contribution in [0.1, 0.15) is 122 Å². The van der Waals surface area contributed by atoms with Crippen LogP contribution in [0.5, 0.6) is 46.5 Å². The van der Waals surface area contributed by atoms with Crippen molar-refractivity contribution in [2.24, 2.45) is 0 Å². The number of hydrogen-bond donors (Lipinski definition) is 3. The van der Waals surface area contributed by atoms with Gasteiger partial charge in [-0.25, -0.2) is 4.98 Å². The number of H-pyrrole nitrogens is 3. The summed E-state index contributed by atoms with van der Waals surface area (Å²) < 4.78 is 28.0. The third-order valence-electron chi connectivity index (χ3n) is 16.1. The van der Waals surface area contributed by atoms with Crippen molar-refractivity contribution >= 4 is 68.8 Å². The number of benzene rings is 5. The van der Waals surface area contributed by atoms with Crippen LogP contribution in [0.2, 0.25) is 0 Å². The van der Waals surface area contributed by atoms with Gasteiger partial charge in [0, 0.05) is 38.8 Å². The fourth-order valence-electron chi connectivity index (χ4n) is 10.9. The van der Waals surface area contributed by atoms with Crippen molar-refractivity contribution in [2.45, 2.75) is 115 Å². The van der Waals surface area contributed by atoms with Crippen molar-refractivity contribution < 1.29 is 18.9 Å². The molecule has 0 spiro atoms. The smallest absolute Gasteiger partial charge is 0.235 e. The first-order chi connectivity index (χ1) is 43.4. The quantitative estimate of drug-likeness (QED) is 0.0738. The van der Waals surface area contributed by atoms with Crippen LogP contribution in [-0.2, 0) is 21.7 Å². The third kappa shape index (κ3) is 13.1. The Morgan fingerprint density at radius 3 is 0.934 bits per heavy atom. The van der Waals surface area contributed by atoms with Crippen LogP contribution in [0.15, 0.2) is 168 Å². The van der Waals surface area contributed by atoms with Crippen LogP contribution >= 0.6 is 23.5 Å². The summed E-state index contributed by atoms with van der Waals surface area (Å²) in [6.45, 7) is 26.3. The van der Waals surface area contributed by atoms with Gasteiger partial charge in [-0.15, -0.1) is 0 Å². The number of nitrogens with zero attached hydrogens (tertiary/aromatic N) is 6. The molecule has 0 unspecified atom stereocenters. The lowest BCUT2D eigenvalue weighted by molar-refractivity contribution is 0.426. The van der Waals surface area contributed by atoms with Crippen molar-refractivity contribution in [2.75, 3.05) is 12.5 Å². The number of aromatic nitrogens is 8. The summed E-state index contributed by atoms with van der Waals surface area (Å²) in [4.78, 5) is 37.7. The predicted molar refractivity (Wildman–Crippen MR) is 372 cm³/mol. The average molecular weight is 1240 g/mol. The highest BCUT2D eigenvalue weighted by Crippen LogP contribution is 2.48. The van der Waals surface area contributed by atoms with Gasteiger partial charge in [-0.2, -0.15) is 25.2 Å². The minimum absolute atomic E-state index is 0.0841. The molecule has 6 aromatic heterocycles. The number of rotatable bonds is 13. The van der Waals surface area contributed by atoms with Gasteiger partial charge in [-0.1, -0.05) is 167 Å². The summed E-state index contributed by atoms with van der Waals surface area (Å²) in [5, 5.41) is 11.0. The highest BCUT2D eigenvalue weighted by Gasteiger charge is 2.29. The Kier molecular flexibility index (Phi) is 16.5. The zero-order valence-electron chi connectivity index (χ0n) is 53.8. The minimum Gasteiger partial charge on any atom is -0.438 e.